The summed E-state index contributed by atoms with van der Waals surface area (Å²) in [5.41, 5.74) is 0. The van der Waals surface area contributed by atoms with E-state index in [9.17, 15) is 9.13 Å². The van der Waals surface area contributed by atoms with Crippen LogP contribution in [-0.2, 0) is 18.4 Å². The molecule has 0 saturated carbocycles. The van der Waals surface area contributed by atoms with E-state index in [0.717, 1.165) is 0 Å². The molecule has 0 aliphatic heterocycles. The molecule has 0 fully saturated rings. The smallest absolute Gasteiger partial charge is 0.524 e. The van der Waals surface area contributed by atoms with Crippen LogP contribution in [0.2, 0.25) is 0 Å². The van der Waals surface area contributed by atoms with Crippen LogP contribution in [0.25, 0.3) is 0 Å². The number of hydrogen-bond donors (Lipinski definition) is 3. The van der Waals surface area contributed by atoms with E-state index in [-0.39, 0.29) is 276 Å². The monoisotopic (exact) mass is 644 g/mol. The van der Waals surface area contributed by atoms with Crippen molar-refractivity contribution in [3.05, 3.63) is 34.2 Å². The van der Waals surface area contributed by atoms with Crippen LogP contribution in [0.15, 0.2) is 24.3 Å². The fraction of sp³-hybridized carbons (Fsp3) is 0. The Kier molecular flexibility index (Phi) is 89.3. The summed E-state index contributed by atoms with van der Waals surface area (Å²) in [5, 5.41) is 7.05. The predicted molar refractivity (Wildman–Crippen MR) is 65.4 cm³/mol. The molecule has 1 aromatic rings. The van der Waals surface area contributed by atoms with Crippen LogP contribution in [-0.4, -0.2) is 15.0 Å². The molecular formula is C6H7Ar7O12P3. The summed E-state index contributed by atoms with van der Waals surface area (Å²) in [6.07, 6.45) is 0. The molecule has 1 rings (SSSR count). The van der Waals surface area contributed by atoms with E-state index in [1.807, 2.05) is 0 Å². The standard InChI is InChI=1S/C6H6O6P2.7Ar.HO4P.O2/c7-13-11-5-2-1-3-6(4-5)12-14(8,9)10;;;;;;;;1-4-5(2)3;1-2/h1-4H,(H2,8,9,10);;;;;;;;1H;. The van der Waals surface area contributed by atoms with Gasteiger partial charge < -0.3 is 13.9 Å². The molecule has 28 heavy (non-hydrogen) atoms. The van der Waals surface area contributed by atoms with Gasteiger partial charge in [-0.1, -0.05) is 6.07 Å². The Morgan fingerprint density at radius 3 is 1.61 bits per heavy atom. The summed E-state index contributed by atoms with van der Waals surface area (Å²) in [7, 11) is -8.15. The minimum absolute atomic E-state index is 0. The zero-order valence-electron chi connectivity index (χ0n) is 12.1. The summed E-state index contributed by atoms with van der Waals surface area (Å²) in [5.74, 6) is 0.132. The molecule has 0 spiro atoms. The largest absolute Gasteiger partial charge is 0.565 e. The predicted octanol–water partition coefficient (Wildman–Crippen LogP) is 1.30. The van der Waals surface area contributed by atoms with Crippen molar-refractivity contribution in [3.63, 3.8) is 0 Å². The van der Waals surface area contributed by atoms with Crippen molar-refractivity contribution in [3.8, 4) is 11.5 Å². The first-order valence-electron chi connectivity index (χ1n) is 4.26. The molecule has 174 valence electrons. The number of phosphoric ester groups is 1. The van der Waals surface area contributed by atoms with Crippen molar-refractivity contribution < 1.29 is 312 Å². The fourth-order valence-corrected chi connectivity index (χ4v) is 1.36. The molecule has 0 aliphatic carbocycles. The number of benzene rings is 1. The fourth-order valence-electron chi connectivity index (χ4n) is 0.768. The summed E-state index contributed by atoms with van der Waals surface area (Å²) < 4.78 is 40.9. The molecule has 0 aromatic heterocycles. The van der Waals surface area contributed by atoms with Gasteiger partial charge in [0.1, 0.15) is 11.5 Å². The second-order valence-corrected chi connectivity index (χ2v) is 4.63. The van der Waals surface area contributed by atoms with E-state index in [4.69, 9.17) is 34.4 Å². The first kappa shape index (κ1) is 60.1. The van der Waals surface area contributed by atoms with Gasteiger partial charge in [0, 0.05) is 285 Å². The van der Waals surface area contributed by atoms with Gasteiger partial charge in [-0.3, -0.25) is 9.79 Å². The normalized spacial score (nSPS) is 7.79. The first-order chi connectivity index (χ1) is 9.78. The van der Waals surface area contributed by atoms with Gasteiger partial charge in [-0.25, -0.2) is 14.4 Å². The van der Waals surface area contributed by atoms with Gasteiger partial charge in [0.15, 0.2) is 0 Å². The quantitative estimate of drug-likeness (QED) is 0.237. The number of rotatable bonds is 5. The van der Waals surface area contributed by atoms with Crippen LogP contribution < -0.4 is 13.9 Å². The molecule has 0 bridgehead atoms. The maximum Gasteiger partial charge on any atom is 0.524 e. The summed E-state index contributed by atoms with van der Waals surface area (Å²) in [6.45, 7) is 0. The van der Waals surface area contributed by atoms with Crippen LogP contribution >= 0.6 is 24.8 Å². The van der Waals surface area contributed by atoms with Crippen molar-refractivity contribution in [2.24, 2.45) is 0 Å². The van der Waals surface area contributed by atoms with Gasteiger partial charge in [0.05, 0.1) is 0 Å². The molecule has 0 heterocycles. The van der Waals surface area contributed by atoms with Crippen LogP contribution in [0.3, 0.4) is 0 Å². The van der Waals surface area contributed by atoms with Crippen molar-refractivity contribution in [1.29, 1.82) is 0 Å². The average Bonchev–Trinajstić information content (AvgIpc) is 2.40. The third kappa shape index (κ3) is 46.8. The Balaban J connectivity index is -0.0000000329. The maximum absolute atomic E-state index is 10.4. The molecule has 0 amide bonds. The van der Waals surface area contributed by atoms with E-state index >= 15 is 0 Å². The third-order valence-corrected chi connectivity index (χ3v) is 2.11. The van der Waals surface area contributed by atoms with E-state index < -0.39 is 24.8 Å². The Labute approximate surface area is 371 Å². The van der Waals surface area contributed by atoms with Crippen LogP contribution in [0.4, 0.5) is 0 Å². The topological polar surface area (TPSA) is 197 Å². The van der Waals surface area contributed by atoms with Crippen LogP contribution in [0.5, 0.6) is 11.5 Å². The minimum atomic E-state index is -4.56. The molecule has 0 radical (unpaired) electrons. The Morgan fingerprint density at radius 2 is 1.32 bits per heavy atom. The number of hydrogen-bond acceptors (Lipinski definition) is 10. The molecule has 22 heteroatoms. The molecule has 1 unspecified atom stereocenters. The summed E-state index contributed by atoms with van der Waals surface area (Å²) >= 11 is 0. The van der Waals surface area contributed by atoms with Gasteiger partial charge in [-0.2, -0.15) is 0 Å². The van der Waals surface area contributed by atoms with Crippen molar-refractivity contribution in [1.82, 2.24) is 0 Å². The van der Waals surface area contributed by atoms with E-state index in [2.05, 4.69) is 13.7 Å². The minimum Gasteiger partial charge on any atom is -0.565 e. The number of phosphoric acid groups is 1. The molecule has 3 N–H and O–H groups in total. The van der Waals surface area contributed by atoms with Crippen molar-refractivity contribution in [2.45, 2.75) is 0 Å². The van der Waals surface area contributed by atoms with E-state index in [1.54, 1.807) is 0 Å². The van der Waals surface area contributed by atoms with Gasteiger partial charge in [0.25, 0.3) is 0 Å². The van der Waals surface area contributed by atoms with Gasteiger partial charge in [0.2, 0.25) is 0 Å². The van der Waals surface area contributed by atoms with Crippen LogP contribution in [0.1, 0.15) is 0 Å². The molecule has 12 nitrogen and oxygen atoms in total. The van der Waals surface area contributed by atoms with E-state index in [1.165, 1.54) is 24.3 Å². The summed E-state index contributed by atoms with van der Waals surface area (Å²) in [4.78, 5) is 39.9. The Hall–Kier alpha value is 7.47. The zero-order valence-corrected chi connectivity index (χ0v) is 19.8. The maximum atomic E-state index is 10.4. The average molecular weight is 644 g/mol. The van der Waals surface area contributed by atoms with Gasteiger partial charge in [-0.05, 0) is 16.7 Å². The first-order valence-corrected chi connectivity index (χ1v) is 7.61. The SMILES string of the molecule is O=O.O=POc1cccc(OP(=O)(O)O)c1.O=[P+]([O-])OO.[Ar].[Ar].[Ar].[Ar].[Ar].[Ar].[Ar]. The van der Waals surface area contributed by atoms with Gasteiger partial charge in [-0.15, -0.1) is 0 Å². The molecule has 1 aromatic carbocycles. The Morgan fingerprint density at radius 1 is 0.964 bits per heavy atom. The van der Waals surface area contributed by atoms with Crippen LogP contribution in [0, 0.1) is 274 Å². The molecule has 1 atom stereocenters. The van der Waals surface area contributed by atoms with Gasteiger partial charge >= 0.3 is 24.8 Å². The van der Waals surface area contributed by atoms with Crippen molar-refractivity contribution >= 4 is 24.8 Å². The molecule has 0 saturated heterocycles. The molecular weight excluding hydrogens is 637 g/mol. The summed E-state index contributed by atoms with van der Waals surface area (Å²) in [6, 6.07) is 5.47. The van der Waals surface area contributed by atoms with Crippen molar-refractivity contribution in [2.75, 3.05) is 0 Å². The second kappa shape index (κ2) is 41.6. The zero-order chi connectivity index (χ0) is 16.9. The Bertz CT molecular complexity index is 508. The molecule has 0 aliphatic rings. The van der Waals surface area contributed by atoms with E-state index in [0.29, 0.717) is 0 Å². The second-order valence-electron chi connectivity index (χ2n) is 2.53. The third-order valence-electron chi connectivity index (χ3n) is 1.24.